The van der Waals surface area contributed by atoms with Crippen molar-refractivity contribution in [3.63, 3.8) is 0 Å². The van der Waals surface area contributed by atoms with Crippen molar-refractivity contribution in [1.29, 1.82) is 0 Å². The highest BCUT2D eigenvalue weighted by Crippen LogP contribution is 2.13. The molecule has 0 saturated heterocycles. The zero-order valence-electron chi connectivity index (χ0n) is 10.2. The molecule has 0 amide bonds. The second-order valence-corrected chi connectivity index (χ2v) is 4.22. The van der Waals surface area contributed by atoms with Crippen molar-refractivity contribution < 1.29 is 4.79 Å². The third-order valence-corrected chi connectivity index (χ3v) is 2.89. The minimum absolute atomic E-state index is 0.179. The van der Waals surface area contributed by atoms with Crippen LogP contribution < -0.4 is 5.73 Å². The minimum atomic E-state index is 0.179. The number of anilines is 1. The highest BCUT2D eigenvalue weighted by molar-refractivity contribution is 5.95. The second kappa shape index (κ2) is 5.96. The van der Waals surface area contributed by atoms with E-state index in [2.05, 4.69) is 4.98 Å². The highest BCUT2D eigenvalue weighted by atomic mass is 16.1. The van der Waals surface area contributed by atoms with Crippen LogP contribution in [0.5, 0.6) is 0 Å². The molecule has 0 aliphatic carbocycles. The van der Waals surface area contributed by atoms with Gasteiger partial charge in [-0.1, -0.05) is 30.3 Å². The molecule has 18 heavy (non-hydrogen) atoms. The molecule has 0 aliphatic heterocycles. The summed E-state index contributed by atoms with van der Waals surface area (Å²) in [5.41, 5.74) is 8.36. The summed E-state index contributed by atoms with van der Waals surface area (Å²) in [4.78, 5) is 15.9. The lowest BCUT2D eigenvalue weighted by molar-refractivity contribution is 0.0980. The number of rotatable bonds is 5. The zero-order chi connectivity index (χ0) is 12.8. The Morgan fingerprint density at radius 3 is 2.67 bits per heavy atom. The number of carbonyl (C=O) groups excluding carboxylic acids is 1. The van der Waals surface area contributed by atoms with Crippen LogP contribution in [0.2, 0.25) is 0 Å². The Balaban J connectivity index is 1.86. The first kappa shape index (κ1) is 12.3. The van der Waals surface area contributed by atoms with Crippen LogP contribution in [-0.2, 0) is 6.42 Å². The summed E-state index contributed by atoms with van der Waals surface area (Å²) in [7, 11) is 0. The molecule has 0 saturated carbocycles. The maximum atomic E-state index is 11.9. The minimum Gasteiger partial charge on any atom is -0.398 e. The molecular formula is C15H16N2O. The molecule has 0 radical (unpaired) electrons. The normalized spacial score (nSPS) is 10.2. The number of hydrogen-bond donors (Lipinski definition) is 1. The maximum Gasteiger partial charge on any atom is 0.162 e. The van der Waals surface area contributed by atoms with Crippen LogP contribution in [0.4, 0.5) is 5.69 Å². The first-order chi connectivity index (χ1) is 8.77. The molecule has 3 nitrogen and oxygen atoms in total. The molecule has 3 heteroatoms. The van der Waals surface area contributed by atoms with Gasteiger partial charge in [-0.05, 0) is 24.5 Å². The fraction of sp³-hybridized carbons (Fsp3) is 0.200. The lowest BCUT2D eigenvalue weighted by Gasteiger charge is -2.04. The molecule has 0 aliphatic rings. The van der Waals surface area contributed by atoms with E-state index in [1.807, 2.05) is 30.3 Å². The Hall–Kier alpha value is -2.16. The second-order valence-electron chi connectivity index (χ2n) is 4.22. The summed E-state index contributed by atoms with van der Waals surface area (Å²) in [6.07, 6.45) is 5.57. The number of ketones is 1. The van der Waals surface area contributed by atoms with E-state index in [1.54, 1.807) is 18.5 Å². The van der Waals surface area contributed by atoms with Crippen molar-refractivity contribution in [1.82, 2.24) is 4.98 Å². The smallest absolute Gasteiger partial charge is 0.162 e. The molecule has 0 spiro atoms. The van der Waals surface area contributed by atoms with Gasteiger partial charge in [0.2, 0.25) is 0 Å². The highest BCUT2D eigenvalue weighted by Gasteiger charge is 2.05. The number of aromatic nitrogens is 1. The van der Waals surface area contributed by atoms with E-state index in [-0.39, 0.29) is 5.78 Å². The Kier molecular flexibility index (Phi) is 4.07. The predicted octanol–water partition coefficient (Wildman–Crippen LogP) is 2.87. The fourth-order valence-electron chi connectivity index (χ4n) is 1.85. The molecule has 2 rings (SSSR count). The third kappa shape index (κ3) is 3.17. The lowest BCUT2D eigenvalue weighted by Crippen LogP contribution is -2.01. The quantitative estimate of drug-likeness (QED) is 0.817. The molecule has 0 bridgehead atoms. The summed E-state index contributed by atoms with van der Waals surface area (Å²) in [5.74, 6) is 0.179. The Labute approximate surface area is 107 Å². The van der Waals surface area contributed by atoms with Gasteiger partial charge in [0.25, 0.3) is 0 Å². The van der Waals surface area contributed by atoms with Gasteiger partial charge in [0.15, 0.2) is 5.78 Å². The Bertz CT molecular complexity index is 523. The van der Waals surface area contributed by atoms with Crippen molar-refractivity contribution in [3.05, 3.63) is 59.9 Å². The number of benzene rings is 1. The van der Waals surface area contributed by atoms with Crippen molar-refractivity contribution in [2.45, 2.75) is 19.3 Å². The van der Waals surface area contributed by atoms with E-state index >= 15 is 0 Å². The van der Waals surface area contributed by atoms with Crippen LogP contribution >= 0.6 is 0 Å². The van der Waals surface area contributed by atoms with E-state index in [9.17, 15) is 4.79 Å². The topological polar surface area (TPSA) is 56.0 Å². The first-order valence-electron chi connectivity index (χ1n) is 6.04. The van der Waals surface area contributed by atoms with Crippen LogP contribution in [0.1, 0.15) is 28.8 Å². The number of nitrogens with two attached hydrogens (primary N) is 1. The van der Waals surface area contributed by atoms with Gasteiger partial charge in [0.05, 0.1) is 0 Å². The number of aryl methyl sites for hydroxylation is 1. The van der Waals surface area contributed by atoms with E-state index in [1.165, 1.54) is 0 Å². The lowest BCUT2D eigenvalue weighted by atomic mass is 10.0. The van der Waals surface area contributed by atoms with Crippen molar-refractivity contribution in [3.8, 4) is 0 Å². The van der Waals surface area contributed by atoms with Gasteiger partial charge in [-0.3, -0.25) is 9.78 Å². The van der Waals surface area contributed by atoms with E-state index < -0.39 is 0 Å². The largest absolute Gasteiger partial charge is 0.398 e. The molecule has 1 aromatic heterocycles. The van der Waals surface area contributed by atoms with Gasteiger partial charge in [-0.25, -0.2) is 0 Å². The summed E-state index contributed by atoms with van der Waals surface area (Å²) in [6, 6.07) is 11.2. The Morgan fingerprint density at radius 2 is 1.94 bits per heavy atom. The standard InChI is InChI=1S/C15H16N2O/c16-14-9-10-17-11-13(14)7-4-8-15(18)12-5-2-1-3-6-12/h1-3,5-6,9-11H,4,7-8H2,(H2,16,17). The summed E-state index contributed by atoms with van der Waals surface area (Å²) < 4.78 is 0. The van der Waals surface area contributed by atoms with Crippen molar-refractivity contribution in [2.75, 3.05) is 5.73 Å². The molecule has 92 valence electrons. The number of carbonyl (C=O) groups is 1. The molecule has 0 unspecified atom stereocenters. The van der Waals surface area contributed by atoms with Crippen LogP contribution in [-0.4, -0.2) is 10.8 Å². The molecule has 1 heterocycles. The molecule has 0 atom stereocenters. The van der Waals surface area contributed by atoms with Crippen LogP contribution in [0.25, 0.3) is 0 Å². The monoisotopic (exact) mass is 240 g/mol. The summed E-state index contributed by atoms with van der Waals surface area (Å²) in [6.45, 7) is 0. The molecule has 1 aromatic carbocycles. The predicted molar refractivity (Wildman–Crippen MR) is 72.4 cm³/mol. The number of nitrogens with zero attached hydrogens (tertiary/aromatic N) is 1. The van der Waals surface area contributed by atoms with E-state index in [0.717, 1.165) is 29.7 Å². The molecule has 2 aromatic rings. The average molecular weight is 240 g/mol. The fourth-order valence-corrected chi connectivity index (χ4v) is 1.85. The number of Topliss-reactive ketones (excluding diaryl/α,β-unsaturated/α-hetero) is 1. The van der Waals surface area contributed by atoms with E-state index in [4.69, 9.17) is 5.73 Å². The zero-order valence-corrected chi connectivity index (χ0v) is 10.2. The molecular weight excluding hydrogens is 224 g/mol. The van der Waals surface area contributed by atoms with Gasteiger partial charge in [0, 0.05) is 30.1 Å². The first-order valence-corrected chi connectivity index (χ1v) is 6.04. The number of pyridine rings is 1. The van der Waals surface area contributed by atoms with Gasteiger partial charge >= 0.3 is 0 Å². The van der Waals surface area contributed by atoms with Gasteiger partial charge in [-0.15, -0.1) is 0 Å². The summed E-state index contributed by atoms with van der Waals surface area (Å²) in [5, 5.41) is 0. The maximum absolute atomic E-state index is 11.9. The van der Waals surface area contributed by atoms with Crippen LogP contribution in [0, 0.1) is 0 Å². The summed E-state index contributed by atoms with van der Waals surface area (Å²) >= 11 is 0. The molecule has 0 fully saturated rings. The van der Waals surface area contributed by atoms with Crippen molar-refractivity contribution >= 4 is 11.5 Å². The van der Waals surface area contributed by atoms with Crippen molar-refractivity contribution in [2.24, 2.45) is 0 Å². The molecule has 2 N–H and O–H groups in total. The third-order valence-electron chi connectivity index (χ3n) is 2.89. The SMILES string of the molecule is Nc1ccncc1CCCC(=O)c1ccccc1. The van der Waals surface area contributed by atoms with E-state index in [0.29, 0.717) is 6.42 Å². The average Bonchev–Trinajstić information content (AvgIpc) is 2.42. The van der Waals surface area contributed by atoms with Crippen LogP contribution in [0.3, 0.4) is 0 Å². The number of nitrogen functional groups attached to an aromatic ring is 1. The van der Waals surface area contributed by atoms with Gasteiger partial charge in [0.1, 0.15) is 0 Å². The Morgan fingerprint density at radius 1 is 1.17 bits per heavy atom. The number of hydrogen-bond acceptors (Lipinski definition) is 3. The van der Waals surface area contributed by atoms with Gasteiger partial charge in [-0.2, -0.15) is 0 Å². The van der Waals surface area contributed by atoms with Crippen LogP contribution in [0.15, 0.2) is 48.8 Å². The van der Waals surface area contributed by atoms with Gasteiger partial charge < -0.3 is 5.73 Å².